The predicted molar refractivity (Wildman–Crippen MR) is 58.8 cm³/mol. The zero-order chi connectivity index (χ0) is 12.7. The summed E-state index contributed by atoms with van der Waals surface area (Å²) in [6.07, 6.45) is -1.13. The lowest BCUT2D eigenvalue weighted by atomic mass is 10.2. The molecule has 0 spiro atoms. The van der Waals surface area contributed by atoms with Gasteiger partial charge in [-0.2, -0.15) is 0 Å². The summed E-state index contributed by atoms with van der Waals surface area (Å²) in [6, 6.07) is 6.26. The highest BCUT2D eigenvalue weighted by molar-refractivity contribution is 5.64. The molecule has 0 radical (unpaired) electrons. The standard InChI is InChI=1S/C10H12N2O5/c13-10(14)11-5-6-17-7-8-3-1-2-4-9(8)12(15)16/h1-4,11H,5-7H2,(H,13,14). The van der Waals surface area contributed by atoms with E-state index in [9.17, 15) is 14.9 Å². The van der Waals surface area contributed by atoms with Gasteiger partial charge in [-0.1, -0.05) is 12.1 Å². The van der Waals surface area contributed by atoms with Crippen LogP contribution in [0.5, 0.6) is 0 Å². The number of nitro groups is 1. The zero-order valence-corrected chi connectivity index (χ0v) is 8.96. The summed E-state index contributed by atoms with van der Waals surface area (Å²) in [4.78, 5) is 20.3. The molecule has 0 aliphatic rings. The van der Waals surface area contributed by atoms with Crippen LogP contribution in [-0.4, -0.2) is 29.3 Å². The number of nitro benzene ring substituents is 1. The fourth-order valence-electron chi connectivity index (χ4n) is 1.22. The summed E-state index contributed by atoms with van der Waals surface area (Å²) in [5.74, 6) is 0. The third-order valence-corrected chi connectivity index (χ3v) is 1.97. The summed E-state index contributed by atoms with van der Waals surface area (Å²) in [5.41, 5.74) is 0.464. The lowest BCUT2D eigenvalue weighted by Gasteiger charge is -2.04. The number of nitrogens with zero attached hydrogens (tertiary/aromatic N) is 1. The van der Waals surface area contributed by atoms with Crippen LogP contribution in [0.4, 0.5) is 10.5 Å². The van der Waals surface area contributed by atoms with Gasteiger partial charge in [0.25, 0.3) is 5.69 Å². The first-order valence-corrected chi connectivity index (χ1v) is 4.88. The van der Waals surface area contributed by atoms with Gasteiger partial charge in [0, 0.05) is 12.6 Å². The minimum absolute atomic E-state index is 0.00121. The van der Waals surface area contributed by atoms with Gasteiger partial charge in [-0.25, -0.2) is 4.79 Å². The van der Waals surface area contributed by atoms with E-state index in [1.165, 1.54) is 6.07 Å². The Balaban J connectivity index is 2.41. The van der Waals surface area contributed by atoms with Crippen LogP contribution < -0.4 is 5.32 Å². The Bertz CT molecular complexity index is 407. The van der Waals surface area contributed by atoms with Crippen molar-refractivity contribution in [2.45, 2.75) is 6.61 Å². The zero-order valence-electron chi connectivity index (χ0n) is 8.96. The summed E-state index contributed by atoms with van der Waals surface area (Å²) >= 11 is 0. The Labute approximate surface area is 97.2 Å². The Morgan fingerprint density at radius 1 is 1.47 bits per heavy atom. The van der Waals surface area contributed by atoms with E-state index in [1.54, 1.807) is 18.2 Å². The van der Waals surface area contributed by atoms with Crippen LogP contribution >= 0.6 is 0 Å². The van der Waals surface area contributed by atoms with Crippen molar-refractivity contribution in [2.24, 2.45) is 0 Å². The molecule has 0 fully saturated rings. The molecule has 0 saturated carbocycles. The minimum atomic E-state index is -1.13. The topological polar surface area (TPSA) is 102 Å². The number of hydrogen-bond acceptors (Lipinski definition) is 4. The van der Waals surface area contributed by atoms with E-state index in [0.717, 1.165) is 0 Å². The van der Waals surface area contributed by atoms with E-state index >= 15 is 0 Å². The van der Waals surface area contributed by atoms with Gasteiger partial charge in [-0.05, 0) is 6.07 Å². The van der Waals surface area contributed by atoms with Crippen molar-refractivity contribution in [3.63, 3.8) is 0 Å². The molecule has 7 nitrogen and oxygen atoms in total. The first kappa shape index (κ1) is 12.9. The molecule has 0 atom stereocenters. The van der Waals surface area contributed by atoms with Crippen LogP contribution in [0.2, 0.25) is 0 Å². The largest absolute Gasteiger partial charge is 0.465 e. The fraction of sp³-hybridized carbons (Fsp3) is 0.300. The van der Waals surface area contributed by atoms with Crippen molar-refractivity contribution < 1.29 is 19.6 Å². The van der Waals surface area contributed by atoms with Crippen molar-refractivity contribution in [3.05, 3.63) is 39.9 Å². The average molecular weight is 240 g/mol. The molecule has 17 heavy (non-hydrogen) atoms. The van der Waals surface area contributed by atoms with Crippen LogP contribution in [0.1, 0.15) is 5.56 Å². The average Bonchev–Trinajstić information content (AvgIpc) is 2.28. The molecule has 1 rings (SSSR count). The molecule has 1 aromatic carbocycles. The normalized spacial score (nSPS) is 9.88. The van der Waals surface area contributed by atoms with E-state index < -0.39 is 11.0 Å². The van der Waals surface area contributed by atoms with Gasteiger partial charge in [0.1, 0.15) is 0 Å². The second kappa shape index (κ2) is 6.44. The lowest BCUT2D eigenvalue weighted by Crippen LogP contribution is -2.25. The SMILES string of the molecule is O=C(O)NCCOCc1ccccc1[N+](=O)[O-]. The molecular formula is C10H12N2O5. The Morgan fingerprint density at radius 3 is 2.82 bits per heavy atom. The molecule has 0 unspecified atom stereocenters. The second-order valence-corrected chi connectivity index (χ2v) is 3.17. The van der Waals surface area contributed by atoms with Gasteiger partial charge in [0.15, 0.2) is 0 Å². The number of carboxylic acid groups (broad SMARTS) is 1. The van der Waals surface area contributed by atoms with Crippen LogP contribution in [-0.2, 0) is 11.3 Å². The molecule has 1 amide bonds. The van der Waals surface area contributed by atoms with Crippen molar-refractivity contribution in [1.29, 1.82) is 0 Å². The third-order valence-electron chi connectivity index (χ3n) is 1.97. The van der Waals surface area contributed by atoms with Gasteiger partial charge in [-0.3, -0.25) is 10.1 Å². The van der Waals surface area contributed by atoms with Crippen LogP contribution in [0.15, 0.2) is 24.3 Å². The van der Waals surface area contributed by atoms with E-state index in [2.05, 4.69) is 5.32 Å². The highest BCUT2D eigenvalue weighted by Gasteiger charge is 2.11. The minimum Gasteiger partial charge on any atom is -0.465 e. The Kier molecular flexibility index (Phi) is 4.89. The highest BCUT2D eigenvalue weighted by Crippen LogP contribution is 2.18. The van der Waals surface area contributed by atoms with E-state index in [0.29, 0.717) is 5.56 Å². The Hall–Kier alpha value is -2.15. The van der Waals surface area contributed by atoms with Crippen LogP contribution in [0.3, 0.4) is 0 Å². The third kappa shape index (κ3) is 4.47. The number of para-hydroxylation sites is 1. The molecule has 0 aliphatic carbocycles. The maximum Gasteiger partial charge on any atom is 0.404 e. The van der Waals surface area contributed by atoms with E-state index in [4.69, 9.17) is 9.84 Å². The molecule has 1 aromatic rings. The maximum atomic E-state index is 10.7. The fourth-order valence-corrected chi connectivity index (χ4v) is 1.22. The quantitative estimate of drug-likeness (QED) is 0.444. The smallest absolute Gasteiger partial charge is 0.404 e. The van der Waals surface area contributed by atoms with Gasteiger partial charge >= 0.3 is 6.09 Å². The molecule has 0 aromatic heterocycles. The molecule has 0 bridgehead atoms. The molecule has 7 heteroatoms. The molecular weight excluding hydrogens is 228 g/mol. The van der Waals surface area contributed by atoms with E-state index in [1.807, 2.05) is 0 Å². The van der Waals surface area contributed by atoms with Gasteiger partial charge in [0.05, 0.1) is 23.7 Å². The second-order valence-electron chi connectivity index (χ2n) is 3.17. The molecule has 0 saturated heterocycles. The number of ether oxygens (including phenoxy) is 1. The van der Waals surface area contributed by atoms with Crippen molar-refractivity contribution in [1.82, 2.24) is 5.32 Å². The number of carbonyl (C=O) groups is 1. The van der Waals surface area contributed by atoms with Crippen molar-refractivity contribution >= 4 is 11.8 Å². The number of amides is 1. The first-order valence-electron chi connectivity index (χ1n) is 4.88. The number of nitrogens with one attached hydrogen (secondary N) is 1. The summed E-state index contributed by atoms with van der Waals surface area (Å²) < 4.78 is 5.13. The summed E-state index contributed by atoms with van der Waals surface area (Å²) in [5, 5.41) is 21.1. The monoisotopic (exact) mass is 240 g/mol. The van der Waals surface area contributed by atoms with Crippen molar-refractivity contribution in [2.75, 3.05) is 13.2 Å². The molecule has 0 aliphatic heterocycles. The van der Waals surface area contributed by atoms with Crippen molar-refractivity contribution in [3.8, 4) is 0 Å². The highest BCUT2D eigenvalue weighted by atomic mass is 16.6. The van der Waals surface area contributed by atoms with Gasteiger partial charge in [0.2, 0.25) is 0 Å². The maximum absolute atomic E-state index is 10.7. The number of hydrogen-bond donors (Lipinski definition) is 2. The number of benzene rings is 1. The lowest BCUT2D eigenvalue weighted by molar-refractivity contribution is -0.385. The summed E-state index contributed by atoms with van der Waals surface area (Å²) in [7, 11) is 0. The first-order chi connectivity index (χ1) is 8.11. The summed E-state index contributed by atoms with van der Waals surface area (Å²) in [6.45, 7) is 0.396. The van der Waals surface area contributed by atoms with Crippen LogP contribution in [0, 0.1) is 10.1 Å². The molecule has 92 valence electrons. The van der Waals surface area contributed by atoms with Gasteiger partial charge < -0.3 is 15.2 Å². The van der Waals surface area contributed by atoms with Gasteiger partial charge in [-0.15, -0.1) is 0 Å². The van der Waals surface area contributed by atoms with Crippen LogP contribution in [0.25, 0.3) is 0 Å². The molecule has 0 heterocycles. The molecule has 2 N–H and O–H groups in total. The predicted octanol–water partition coefficient (Wildman–Crippen LogP) is 1.38. The number of rotatable bonds is 6. The van der Waals surface area contributed by atoms with E-state index in [-0.39, 0.29) is 25.4 Å². The Morgan fingerprint density at radius 2 is 2.18 bits per heavy atom.